The molecule has 0 unspecified atom stereocenters. The first-order chi connectivity index (χ1) is 12.5. The molecule has 3 rings (SSSR count). The first-order valence-electron chi connectivity index (χ1n) is 8.03. The first kappa shape index (κ1) is 17.8. The maximum atomic E-state index is 12.2. The summed E-state index contributed by atoms with van der Waals surface area (Å²) in [4.78, 5) is 39.1. The van der Waals surface area contributed by atoms with Gasteiger partial charge in [0.2, 0.25) is 11.8 Å². The number of fused-ring (bicyclic) bond motifs is 1. The quantitative estimate of drug-likeness (QED) is 0.654. The molecule has 26 heavy (non-hydrogen) atoms. The molecule has 2 N–H and O–H groups in total. The van der Waals surface area contributed by atoms with E-state index in [0.29, 0.717) is 22.8 Å². The second-order valence-corrected chi connectivity index (χ2v) is 6.87. The number of nitrogens with one attached hydrogen (secondary N) is 2. The standard InChI is InChI=1S/C19H17N3O3S/c1-12(23)9-17(24)22-19-21-15-11-14(7-8-16(15)26-19)20-18(25)10-13-5-3-2-4-6-13/h2-8,11H,9-10H2,1H3,(H,20,25)(H,21,22,24). The minimum atomic E-state index is -0.382. The van der Waals surface area contributed by atoms with E-state index in [9.17, 15) is 14.4 Å². The van der Waals surface area contributed by atoms with Crippen molar-refractivity contribution in [3.8, 4) is 0 Å². The monoisotopic (exact) mass is 367 g/mol. The van der Waals surface area contributed by atoms with E-state index in [1.165, 1.54) is 18.3 Å². The zero-order valence-corrected chi connectivity index (χ0v) is 14.9. The molecular formula is C19H17N3O3S. The Bertz CT molecular complexity index is 967. The van der Waals surface area contributed by atoms with E-state index < -0.39 is 0 Å². The summed E-state index contributed by atoms with van der Waals surface area (Å²) in [6.07, 6.45) is 0.124. The molecule has 1 heterocycles. The molecule has 0 saturated carbocycles. The summed E-state index contributed by atoms with van der Waals surface area (Å²) in [6.45, 7) is 1.36. The molecule has 0 radical (unpaired) electrons. The van der Waals surface area contributed by atoms with Crippen molar-refractivity contribution in [2.75, 3.05) is 10.6 Å². The van der Waals surface area contributed by atoms with Crippen LogP contribution in [-0.2, 0) is 20.8 Å². The van der Waals surface area contributed by atoms with E-state index in [4.69, 9.17) is 0 Å². The van der Waals surface area contributed by atoms with Crippen LogP contribution in [0.15, 0.2) is 48.5 Å². The molecule has 2 aromatic carbocycles. The lowest BCUT2D eigenvalue weighted by Gasteiger charge is -2.05. The molecule has 0 atom stereocenters. The van der Waals surface area contributed by atoms with Crippen molar-refractivity contribution in [1.82, 2.24) is 4.98 Å². The second-order valence-electron chi connectivity index (χ2n) is 5.84. The molecule has 0 spiro atoms. The summed E-state index contributed by atoms with van der Waals surface area (Å²) >= 11 is 1.32. The summed E-state index contributed by atoms with van der Waals surface area (Å²) < 4.78 is 0.879. The summed E-state index contributed by atoms with van der Waals surface area (Å²) in [5.41, 5.74) is 2.26. The fourth-order valence-corrected chi connectivity index (χ4v) is 3.30. The van der Waals surface area contributed by atoms with Crippen molar-refractivity contribution in [3.05, 3.63) is 54.1 Å². The Morgan fingerprint density at radius 2 is 1.77 bits per heavy atom. The Balaban J connectivity index is 1.68. The molecule has 0 aliphatic carbocycles. The zero-order chi connectivity index (χ0) is 18.5. The predicted octanol–water partition coefficient (Wildman–Crippen LogP) is 3.40. The van der Waals surface area contributed by atoms with Crippen molar-refractivity contribution >= 4 is 50.0 Å². The number of ketones is 1. The zero-order valence-electron chi connectivity index (χ0n) is 14.1. The van der Waals surface area contributed by atoms with Crippen molar-refractivity contribution in [1.29, 1.82) is 0 Å². The summed E-state index contributed by atoms with van der Waals surface area (Å²) in [6, 6.07) is 14.9. The van der Waals surface area contributed by atoms with E-state index in [0.717, 1.165) is 10.3 Å². The largest absolute Gasteiger partial charge is 0.326 e. The molecule has 1 aromatic heterocycles. The SMILES string of the molecule is CC(=O)CC(=O)Nc1nc2cc(NC(=O)Cc3ccccc3)ccc2s1. The third-order valence-corrected chi connectivity index (χ3v) is 4.49. The van der Waals surface area contributed by atoms with Crippen molar-refractivity contribution < 1.29 is 14.4 Å². The maximum Gasteiger partial charge on any atom is 0.233 e. The predicted molar refractivity (Wildman–Crippen MR) is 102 cm³/mol. The number of aromatic nitrogens is 1. The lowest BCUT2D eigenvalue weighted by atomic mass is 10.1. The lowest BCUT2D eigenvalue weighted by Crippen LogP contribution is -2.14. The molecule has 3 aromatic rings. The number of hydrogen-bond donors (Lipinski definition) is 2. The fraction of sp³-hybridized carbons (Fsp3) is 0.158. The van der Waals surface area contributed by atoms with Gasteiger partial charge < -0.3 is 10.6 Å². The Kier molecular flexibility index (Phi) is 5.38. The summed E-state index contributed by atoms with van der Waals surface area (Å²) in [5, 5.41) is 5.90. The van der Waals surface area contributed by atoms with Crippen LogP contribution in [0, 0.1) is 0 Å². The summed E-state index contributed by atoms with van der Waals surface area (Å²) in [7, 11) is 0. The van der Waals surface area contributed by atoms with E-state index in [1.54, 1.807) is 12.1 Å². The molecular weight excluding hydrogens is 350 g/mol. The number of anilines is 2. The van der Waals surface area contributed by atoms with Crippen LogP contribution in [0.25, 0.3) is 10.2 Å². The van der Waals surface area contributed by atoms with Crippen LogP contribution in [0.5, 0.6) is 0 Å². The Hall–Kier alpha value is -3.06. The van der Waals surface area contributed by atoms with E-state index >= 15 is 0 Å². The number of carbonyl (C=O) groups excluding carboxylic acids is 3. The smallest absolute Gasteiger partial charge is 0.233 e. The molecule has 6 nitrogen and oxygen atoms in total. The van der Waals surface area contributed by atoms with Gasteiger partial charge >= 0.3 is 0 Å². The van der Waals surface area contributed by atoms with E-state index in [-0.39, 0.29) is 24.0 Å². The average Bonchev–Trinajstić information content (AvgIpc) is 2.96. The maximum absolute atomic E-state index is 12.2. The van der Waals surface area contributed by atoms with Gasteiger partial charge in [0.25, 0.3) is 0 Å². The van der Waals surface area contributed by atoms with Crippen LogP contribution in [0.1, 0.15) is 18.9 Å². The van der Waals surface area contributed by atoms with Crippen molar-refractivity contribution in [2.24, 2.45) is 0 Å². The second kappa shape index (κ2) is 7.88. The van der Waals surface area contributed by atoms with Gasteiger partial charge in [-0.3, -0.25) is 14.4 Å². The number of thiazole rings is 1. The minimum Gasteiger partial charge on any atom is -0.326 e. The van der Waals surface area contributed by atoms with Gasteiger partial charge in [-0.2, -0.15) is 0 Å². The number of rotatable bonds is 6. The molecule has 132 valence electrons. The lowest BCUT2D eigenvalue weighted by molar-refractivity contribution is -0.124. The van der Waals surface area contributed by atoms with E-state index in [1.807, 2.05) is 36.4 Å². The van der Waals surface area contributed by atoms with Gasteiger partial charge in [0, 0.05) is 5.69 Å². The normalized spacial score (nSPS) is 10.5. The number of hydrogen-bond acceptors (Lipinski definition) is 5. The van der Waals surface area contributed by atoms with Crippen LogP contribution in [0.4, 0.5) is 10.8 Å². The van der Waals surface area contributed by atoms with Crippen LogP contribution < -0.4 is 10.6 Å². The first-order valence-corrected chi connectivity index (χ1v) is 8.85. The highest BCUT2D eigenvalue weighted by Crippen LogP contribution is 2.28. The van der Waals surface area contributed by atoms with Gasteiger partial charge in [0.1, 0.15) is 5.78 Å². The fourth-order valence-electron chi connectivity index (χ4n) is 2.43. The Morgan fingerprint density at radius 1 is 1.00 bits per heavy atom. The number of amides is 2. The van der Waals surface area contributed by atoms with Gasteiger partial charge in [0.05, 0.1) is 23.1 Å². The van der Waals surface area contributed by atoms with Crippen molar-refractivity contribution in [3.63, 3.8) is 0 Å². The number of Topliss-reactive ketones (excluding diaryl/α,β-unsaturated/α-hetero) is 1. The average molecular weight is 367 g/mol. The molecule has 0 aliphatic heterocycles. The molecule has 7 heteroatoms. The van der Waals surface area contributed by atoms with Gasteiger partial charge in [-0.05, 0) is 30.7 Å². The number of carbonyl (C=O) groups is 3. The van der Waals surface area contributed by atoms with Crippen molar-refractivity contribution in [2.45, 2.75) is 19.8 Å². The van der Waals surface area contributed by atoms with Gasteiger partial charge in [-0.1, -0.05) is 41.7 Å². The number of benzene rings is 2. The highest BCUT2D eigenvalue weighted by molar-refractivity contribution is 7.22. The Labute approximate surface area is 154 Å². The third kappa shape index (κ3) is 4.73. The highest BCUT2D eigenvalue weighted by Gasteiger charge is 2.11. The van der Waals surface area contributed by atoms with Gasteiger partial charge in [-0.25, -0.2) is 4.98 Å². The minimum absolute atomic E-state index is 0.110. The topological polar surface area (TPSA) is 88.2 Å². The van der Waals surface area contributed by atoms with Crippen LogP contribution in [0.3, 0.4) is 0 Å². The molecule has 2 amide bonds. The van der Waals surface area contributed by atoms with Gasteiger partial charge in [-0.15, -0.1) is 0 Å². The number of nitrogens with zero attached hydrogens (tertiary/aromatic N) is 1. The Morgan fingerprint density at radius 3 is 2.50 bits per heavy atom. The molecule has 0 bridgehead atoms. The van der Waals surface area contributed by atoms with E-state index in [2.05, 4.69) is 15.6 Å². The highest BCUT2D eigenvalue weighted by atomic mass is 32.1. The summed E-state index contributed by atoms with van der Waals surface area (Å²) in [5.74, 6) is -0.694. The van der Waals surface area contributed by atoms with Crippen LogP contribution >= 0.6 is 11.3 Å². The van der Waals surface area contributed by atoms with Crippen LogP contribution in [0.2, 0.25) is 0 Å². The van der Waals surface area contributed by atoms with Crippen LogP contribution in [-0.4, -0.2) is 22.6 Å². The molecule has 0 aliphatic rings. The third-order valence-electron chi connectivity index (χ3n) is 3.53. The van der Waals surface area contributed by atoms with Gasteiger partial charge in [0.15, 0.2) is 5.13 Å². The molecule has 0 fully saturated rings. The molecule has 0 saturated heterocycles.